The summed E-state index contributed by atoms with van der Waals surface area (Å²) < 4.78 is 1.02. The molecule has 82 valence electrons. The minimum Gasteiger partial charge on any atom is -0.345 e. The lowest BCUT2D eigenvalue weighted by atomic mass is 10.3. The quantitative estimate of drug-likeness (QED) is 0.853. The number of halogens is 2. The first-order valence-electron chi connectivity index (χ1n) is 4.71. The van der Waals surface area contributed by atoms with Gasteiger partial charge in [-0.15, -0.1) is 22.9 Å². The zero-order valence-corrected chi connectivity index (χ0v) is 11.4. The molecule has 0 spiro atoms. The molecule has 2 rings (SSSR count). The van der Waals surface area contributed by atoms with Crippen LogP contribution in [0.25, 0.3) is 0 Å². The standard InChI is InChI=1S/C10H11BrClNOS/c1-6-4-7(15-8(6)11)9(14)13-10(5-12)2-3-10/h4H,2-3,5H2,1H3,(H,13,14). The summed E-state index contributed by atoms with van der Waals surface area (Å²) in [6.07, 6.45) is 1.99. The molecule has 5 heteroatoms. The maximum Gasteiger partial charge on any atom is 0.261 e. The third-order valence-electron chi connectivity index (χ3n) is 2.57. The second kappa shape index (κ2) is 4.07. The lowest BCUT2D eigenvalue weighted by Crippen LogP contribution is -2.37. The van der Waals surface area contributed by atoms with Crippen molar-refractivity contribution in [1.82, 2.24) is 5.32 Å². The SMILES string of the molecule is Cc1cc(C(=O)NC2(CCl)CC2)sc1Br. The van der Waals surface area contributed by atoms with E-state index in [-0.39, 0.29) is 11.4 Å². The number of rotatable bonds is 3. The lowest BCUT2D eigenvalue weighted by molar-refractivity contribution is 0.0940. The zero-order valence-electron chi connectivity index (χ0n) is 8.27. The highest BCUT2D eigenvalue weighted by Crippen LogP contribution is 2.37. The number of thiophene rings is 1. The predicted molar refractivity (Wildman–Crippen MR) is 66.9 cm³/mol. The number of amides is 1. The van der Waals surface area contributed by atoms with Gasteiger partial charge in [-0.3, -0.25) is 4.79 Å². The molecule has 0 unspecified atom stereocenters. The molecule has 1 N–H and O–H groups in total. The Morgan fingerprint density at radius 3 is 2.80 bits per heavy atom. The van der Waals surface area contributed by atoms with Gasteiger partial charge in [-0.25, -0.2) is 0 Å². The van der Waals surface area contributed by atoms with Crippen molar-refractivity contribution in [3.05, 3.63) is 20.3 Å². The molecule has 0 aliphatic heterocycles. The highest BCUT2D eigenvalue weighted by atomic mass is 79.9. The summed E-state index contributed by atoms with van der Waals surface area (Å²) in [5, 5.41) is 2.99. The summed E-state index contributed by atoms with van der Waals surface area (Å²) in [6, 6.07) is 1.90. The molecule has 0 radical (unpaired) electrons. The molecule has 0 aromatic carbocycles. The maximum atomic E-state index is 11.8. The zero-order chi connectivity index (χ0) is 11.1. The minimum absolute atomic E-state index is 0.00745. The van der Waals surface area contributed by atoms with Gasteiger partial charge in [0.2, 0.25) is 0 Å². The molecule has 1 fully saturated rings. The molecule has 1 aromatic heterocycles. The average Bonchev–Trinajstić information content (AvgIpc) is 2.89. The van der Waals surface area contributed by atoms with Crippen molar-refractivity contribution >= 4 is 44.8 Å². The summed E-state index contributed by atoms with van der Waals surface area (Å²) in [7, 11) is 0. The molecular weight excluding hydrogens is 298 g/mol. The summed E-state index contributed by atoms with van der Waals surface area (Å²) in [5.41, 5.74) is 0.976. The van der Waals surface area contributed by atoms with Gasteiger partial charge < -0.3 is 5.32 Å². The first kappa shape index (κ1) is 11.4. The van der Waals surface area contributed by atoms with Crippen LogP contribution in [-0.2, 0) is 0 Å². The normalized spacial score (nSPS) is 17.5. The summed E-state index contributed by atoms with van der Waals surface area (Å²) in [6.45, 7) is 1.98. The van der Waals surface area contributed by atoms with E-state index in [0.717, 1.165) is 27.1 Å². The molecule has 1 aromatic rings. The molecule has 2 nitrogen and oxygen atoms in total. The highest BCUT2D eigenvalue weighted by Gasteiger charge is 2.43. The molecule has 1 aliphatic carbocycles. The molecule has 1 saturated carbocycles. The van der Waals surface area contributed by atoms with Gasteiger partial charge in [0, 0.05) is 5.88 Å². The van der Waals surface area contributed by atoms with Crippen LogP contribution in [-0.4, -0.2) is 17.3 Å². The van der Waals surface area contributed by atoms with Crippen LogP contribution in [0.4, 0.5) is 0 Å². The first-order chi connectivity index (χ1) is 7.06. The van der Waals surface area contributed by atoms with Crippen LogP contribution in [0.5, 0.6) is 0 Å². The van der Waals surface area contributed by atoms with Crippen LogP contribution in [0.15, 0.2) is 9.85 Å². The monoisotopic (exact) mass is 307 g/mol. The molecule has 15 heavy (non-hydrogen) atoms. The molecule has 0 atom stereocenters. The number of alkyl halides is 1. The predicted octanol–water partition coefficient (Wildman–Crippen LogP) is 3.32. The largest absolute Gasteiger partial charge is 0.345 e. The summed E-state index contributed by atoms with van der Waals surface area (Å²) in [5.74, 6) is 0.497. The average molecular weight is 309 g/mol. The van der Waals surface area contributed by atoms with Crippen LogP contribution in [0.3, 0.4) is 0 Å². The van der Waals surface area contributed by atoms with Crippen molar-refractivity contribution in [3.63, 3.8) is 0 Å². The molecular formula is C10H11BrClNOS. The minimum atomic E-state index is -0.122. The smallest absolute Gasteiger partial charge is 0.261 e. The molecule has 1 heterocycles. The van der Waals surface area contributed by atoms with Crippen LogP contribution in [0.1, 0.15) is 28.1 Å². The lowest BCUT2D eigenvalue weighted by Gasteiger charge is -2.12. The third-order valence-corrected chi connectivity index (χ3v) is 5.22. The fourth-order valence-corrected chi connectivity index (χ4v) is 3.08. The van der Waals surface area contributed by atoms with Gasteiger partial charge in [0.1, 0.15) is 0 Å². The van der Waals surface area contributed by atoms with Gasteiger partial charge in [-0.1, -0.05) is 0 Å². The molecule has 0 saturated heterocycles. The second-order valence-corrected chi connectivity index (χ2v) is 6.57. The van der Waals surface area contributed by atoms with E-state index in [1.807, 2.05) is 13.0 Å². The first-order valence-corrected chi connectivity index (χ1v) is 6.85. The number of hydrogen-bond donors (Lipinski definition) is 1. The fraction of sp³-hybridized carbons (Fsp3) is 0.500. The van der Waals surface area contributed by atoms with Crippen molar-refractivity contribution < 1.29 is 4.79 Å². The van der Waals surface area contributed by atoms with Gasteiger partial charge in [-0.05, 0) is 47.3 Å². The van der Waals surface area contributed by atoms with Crippen LogP contribution < -0.4 is 5.32 Å². The molecule has 1 aliphatic rings. The van der Waals surface area contributed by atoms with Crippen molar-refractivity contribution in [1.29, 1.82) is 0 Å². The van der Waals surface area contributed by atoms with Crippen molar-refractivity contribution in [2.24, 2.45) is 0 Å². The number of hydrogen-bond acceptors (Lipinski definition) is 2. The van der Waals surface area contributed by atoms with Gasteiger partial charge in [0.15, 0.2) is 0 Å². The van der Waals surface area contributed by atoms with E-state index in [1.165, 1.54) is 11.3 Å². The maximum absolute atomic E-state index is 11.8. The van der Waals surface area contributed by atoms with E-state index >= 15 is 0 Å². The van der Waals surface area contributed by atoms with E-state index in [9.17, 15) is 4.79 Å². The van der Waals surface area contributed by atoms with Crippen LogP contribution in [0, 0.1) is 6.92 Å². The molecule has 0 bridgehead atoms. The van der Waals surface area contributed by atoms with Gasteiger partial charge in [0.25, 0.3) is 5.91 Å². The van der Waals surface area contributed by atoms with Gasteiger partial charge >= 0.3 is 0 Å². The van der Waals surface area contributed by atoms with Crippen molar-refractivity contribution in [2.75, 3.05) is 5.88 Å². The van der Waals surface area contributed by atoms with E-state index in [1.54, 1.807) is 0 Å². The number of nitrogens with one attached hydrogen (secondary N) is 1. The number of carbonyl (C=O) groups excluding carboxylic acids is 1. The van der Waals surface area contributed by atoms with E-state index in [2.05, 4.69) is 21.2 Å². The van der Waals surface area contributed by atoms with Gasteiger partial charge in [-0.2, -0.15) is 0 Å². The Bertz CT molecular complexity index is 381. The Balaban J connectivity index is 2.08. The Kier molecular flexibility index (Phi) is 3.10. The highest BCUT2D eigenvalue weighted by molar-refractivity contribution is 9.11. The molecule has 1 amide bonds. The van der Waals surface area contributed by atoms with Crippen molar-refractivity contribution in [2.45, 2.75) is 25.3 Å². The van der Waals surface area contributed by atoms with Gasteiger partial charge in [0.05, 0.1) is 14.2 Å². The fourth-order valence-electron chi connectivity index (χ4n) is 1.32. The summed E-state index contributed by atoms with van der Waals surface area (Å²) in [4.78, 5) is 12.6. The van der Waals surface area contributed by atoms with Crippen molar-refractivity contribution in [3.8, 4) is 0 Å². The Morgan fingerprint density at radius 1 is 1.73 bits per heavy atom. The van der Waals surface area contributed by atoms with Crippen LogP contribution >= 0.6 is 38.9 Å². The third kappa shape index (κ3) is 2.37. The topological polar surface area (TPSA) is 29.1 Å². The Hall–Kier alpha value is -0.0600. The Labute approximate surface area is 106 Å². The Morgan fingerprint density at radius 2 is 2.40 bits per heavy atom. The van der Waals surface area contributed by atoms with Crippen LogP contribution in [0.2, 0.25) is 0 Å². The number of carbonyl (C=O) groups is 1. The van der Waals surface area contributed by atoms with E-state index in [0.29, 0.717) is 5.88 Å². The summed E-state index contributed by atoms with van der Waals surface area (Å²) >= 11 is 10.7. The second-order valence-electron chi connectivity index (χ2n) is 3.94. The van der Waals surface area contributed by atoms with E-state index in [4.69, 9.17) is 11.6 Å². The number of aryl methyl sites for hydroxylation is 1. The van der Waals surface area contributed by atoms with E-state index < -0.39 is 0 Å².